The highest BCUT2D eigenvalue weighted by Gasteiger charge is 2.31. The molecular formula is C29H26F3N7O4. The lowest BCUT2D eigenvalue weighted by atomic mass is 10.1. The first kappa shape index (κ1) is 30.4. The van der Waals surface area contributed by atoms with Crippen molar-refractivity contribution < 1.29 is 27.7 Å². The number of halogens is 3. The molecule has 0 aliphatic heterocycles. The number of nitrogens with zero attached hydrogens (tertiary/aromatic N) is 4. The summed E-state index contributed by atoms with van der Waals surface area (Å²) in [6, 6.07) is 13.3. The topological polar surface area (TPSA) is 142 Å². The van der Waals surface area contributed by atoms with Gasteiger partial charge in [0.2, 0.25) is 5.95 Å². The van der Waals surface area contributed by atoms with E-state index in [4.69, 9.17) is 0 Å². The van der Waals surface area contributed by atoms with Gasteiger partial charge in [-0.1, -0.05) is 18.2 Å². The first-order chi connectivity index (χ1) is 20.2. The summed E-state index contributed by atoms with van der Waals surface area (Å²) in [5.41, 5.74) is 1.04. The molecule has 14 heteroatoms. The maximum absolute atomic E-state index is 13.3. The summed E-state index contributed by atoms with van der Waals surface area (Å²) in [4.78, 5) is 46.9. The Bertz CT molecular complexity index is 1730. The van der Waals surface area contributed by atoms with Crippen LogP contribution in [0.2, 0.25) is 0 Å². The van der Waals surface area contributed by atoms with Crippen LogP contribution in [0.4, 0.5) is 47.7 Å². The van der Waals surface area contributed by atoms with Gasteiger partial charge in [-0.2, -0.15) is 18.2 Å². The van der Waals surface area contributed by atoms with Gasteiger partial charge in [0, 0.05) is 54.5 Å². The summed E-state index contributed by atoms with van der Waals surface area (Å²) in [6.07, 6.45) is -3.29. The number of anilines is 5. The third kappa shape index (κ3) is 7.22. The molecule has 0 aliphatic rings. The zero-order valence-electron chi connectivity index (χ0n) is 23.4. The third-order valence-electron chi connectivity index (χ3n) is 6.29. The fourth-order valence-electron chi connectivity index (χ4n) is 4.01. The second kappa shape index (κ2) is 12.1. The quantitative estimate of drug-likeness (QED) is 0.159. The molecule has 11 nitrogen and oxygen atoms in total. The van der Waals surface area contributed by atoms with Crippen molar-refractivity contribution in [3.63, 3.8) is 0 Å². The second-order valence-electron chi connectivity index (χ2n) is 9.73. The van der Waals surface area contributed by atoms with Crippen LogP contribution in [-0.2, 0) is 6.18 Å². The van der Waals surface area contributed by atoms with Crippen molar-refractivity contribution in [2.45, 2.75) is 20.0 Å². The molecule has 1 aromatic heterocycles. The molecule has 0 spiro atoms. The molecule has 3 aromatic carbocycles. The molecule has 4 rings (SSSR count). The summed E-state index contributed by atoms with van der Waals surface area (Å²) < 4.78 is 39.2. The minimum absolute atomic E-state index is 0.0718. The predicted octanol–water partition coefficient (Wildman–Crippen LogP) is 6.33. The minimum atomic E-state index is -4.59. The van der Waals surface area contributed by atoms with Crippen LogP contribution in [0.3, 0.4) is 0 Å². The fraction of sp³-hybridized carbons (Fsp3) is 0.172. The first-order valence-corrected chi connectivity index (χ1v) is 12.7. The fourth-order valence-corrected chi connectivity index (χ4v) is 4.01. The number of nitro groups is 1. The Balaban J connectivity index is 1.54. The molecule has 0 saturated carbocycles. The van der Waals surface area contributed by atoms with Gasteiger partial charge in [-0.25, -0.2) is 4.98 Å². The second-order valence-corrected chi connectivity index (χ2v) is 9.73. The van der Waals surface area contributed by atoms with Gasteiger partial charge < -0.3 is 20.9 Å². The molecule has 0 atom stereocenters. The Morgan fingerprint density at radius 3 is 2.28 bits per heavy atom. The number of rotatable bonds is 8. The average Bonchev–Trinajstić information content (AvgIpc) is 2.95. The zero-order valence-corrected chi connectivity index (χ0v) is 23.4. The molecule has 222 valence electrons. The third-order valence-corrected chi connectivity index (χ3v) is 6.29. The molecule has 0 radical (unpaired) electrons. The molecule has 3 N–H and O–H groups in total. The van der Waals surface area contributed by atoms with E-state index >= 15 is 0 Å². The summed E-state index contributed by atoms with van der Waals surface area (Å²) in [7, 11) is 3.35. The summed E-state index contributed by atoms with van der Waals surface area (Å²) >= 11 is 0. The first-order valence-electron chi connectivity index (χ1n) is 12.7. The smallest absolute Gasteiger partial charge is 0.362 e. The Morgan fingerprint density at radius 2 is 1.60 bits per heavy atom. The van der Waals surface area contributed by atoms with E-state index in [2.05, 4.69) is 25.9 Å². The SMILES string of the molecule is Cc1ccc(NC(=O)c2cccc(C(F)(F)F)c2)cc1NC(=O)c1cnc(Nc2ccc(C)c([N+](=O)[O-])c2)nc1N(C)C. The zero-order chi connectivity index (χ0) is 31.5. The van der Waals surface area contributed by atoms with Crippen LogP contribution in [0.1, 0.15) is 37.4 Å². The van der Waals surface area contributed by atoms with Gasteiger partial charge in [0.05, 0.1) is 10.5 Å². The summed E-state index contributed by atoms with van der Waals surface area (Å²) in [6.45, 7) is 3.35. The van der Waals surface area contributed by atoms with E-state index in [9.17, 15) is 32.9 Å². The number of carbonyl (C=O) groups is 2. The molecule has 0 aliphatic carbocycles. The predicted molar refractivity (Wildman–Crippen MR) is 156 cm³/mol. The number of benzene rings is 3. The molecule has 0 unspecified atom stereocenters. The molecule has 0 bridgehead atoms. The number of carbonyl (C=O) groups excluding carboxylic acids is 2. The number of aryl methyl sites for hydroxylation is 2. The molecule has 0 fully saturated rings. The van der Waals surface area contributed by atoms with E-state index in [1.807, 2.05) is 0 Å². The highest BCUT2D eigenvalue weighted by Crippen LogP contribution is 2.30. The van der Waals surface area contributed by atoms with E-state index < -0.39 is 28.5 Å². The van der Waals surface area contributed by atoms with Crippen LogP contribution < -0.4 is 20.9 Å². The van der Waals surface area contributed by atoms with E-state index in [0.717, 1.165) is 18.2 Å². The maximum Gasteiger partial charge on any atom is 0.416 e. The van der Waals surface area contributed by atoms with Crippen LogP contribution >= 0.6 is 0 Å². The molecule has 43 heavy (non-hydrogen) atoms. The van der Waals surface area contributed by atoms with Gasteiger partial charge in [-0.15, -0.1) is 0 Å². The Morgan fingerprint density at radius 1 is 0.907 bits per heavy atom. The van der Waals surface area contributed by atoms with Gasteiger partial charge >= 0.3 is 6.18 Å². The number of hydrogen-bond donors (Lipinski definition) is 3. The van der Waals surface area contributed by atoms with Crippen LogP contribution in [0.5, 0.6) is 0 Å². The molecule has 2 amide bonds. The van der Waals surface area contributed by atoms with Crippen molar-refractivity contribution in [2.75, 3.05) is 34.9 Å². The minimum Gasteiger partial charge on any atom is -0.362 e. The summed E-state index contributed by atoms with van der Waals surface area (Å²) in [5, 5.41) is 19.5. The number of nitrogens with one attached hydrogen (secondary N) is 3. The van der Waals surface area contributed by atoms with Crippen molar-refractivity contribution in [3.8, 4) is 0 Å². The monoisotopic (exact) mass is 593 g/mol. The summed E-state index contributed by atoms with van der Waals surface area (Å²) in [5.74, 6) is -0.958. The standard InChI is InChI=1S/C29H26F3N7O4/c1-16-8-10-20(34-26(40)18-6-5-7-19(12-18)29(30,31)32)13-23(16)36-27(41)22-15-33-28(37-25(22)38(3)4)35-21-11-9-17(2)24(14-21)39(42)43/h5-15H,1-4H3,(H,34,40)(H,36,41)(H,33,35,37). The Labute approximate surface area is 243 Å². The lowest BCUT2D eigenvalue weighted by molar-refractivity contribution is -0.385. The van der Waals surface area contributed by atoms with Crippen molar-refractivity contribution >= 4 is 46.3 Å². The van der Waals surface area contributed by atoms with Gasteiger partial charge in [-0.05, 0) is 55.8 Å². The van der Waals surface area contributed by atoms with E-state index in [-0.39, 0.29) is 34.3 Å². The Hall–Kier alpha value is -5.53. The highest BCUT2D eigenvalue weighted by molar-refractivity contribution is 6.09. The number of nitro benzene ring substituents is 1. The average molecular weight is 594 g/mol. The van der Waals surface area contributed by atoms with E-state index in [0.29, 0.717) is 22.5 Å². The van der Waals surface area contributed by atoms with Gasteiger partial charge in [0.1, 0.15) is 11.4 Å². The normalized spacial score (nSPS) is 11.0. The van der Waals surface area contributed by atoms with Crippen LogP contribution in [-0.4, -0.2) is 40.8 Å². The van der Waals surface area contributed by atoms with Gasteiger partial charge in [-0.3, -0.25) is 19.7 Å². The van der Waals surface area contributed by atoms with Crippen molar-refractivity contribution in [3.05, 3.63) is 105 Å². The van der Waals surface area contributed by atoms with Crippen LogP contribution in [0, 0.1) is 24.0 Å². The molecule has 4 aromatic rings. The van der Waals surface area contributed by atoms with Gasteiger partial charge in [0.15, 0.2) is 0 Å². The highest BCUT2D eigenvalue weighted by atomic mass is 19.4. The largest absolute Gasteiger partial charge is 0.416 e. The van der Waals surface area contributed by atoms with Crippen molar-refractivity contribution in [1.82, 2.24) is 9.97 Å². The van der Waals surface area contributed by atoms with Crippen molar-refractivity contribution in [1.29, 1.82) is 0 Å². The van der Waals surface area contributed by atoms with Gasteiger partial charge in [0.25, 0.3) is 17.5 Å². The Kier molecular flexibility index (Phi) is 8.59. The van der Waals surface area contributed by atoms with Crippen molar-refractivity contribution in [2.24, 2.45) is 0 Å². The number of hydrogen-bond acceptors (Lipinski definition) is 8. The van der Waals surface area contributed by atoms with E-state index in [1.165, 1.54) is 24.4 Å². The lowest BCUT2D eigenvalue weighted by Gasteiger charge is -2.18. The number of amides is 2. The van der Waals surface area contributed by atoms with Crippen LogP contribution in [0.15, 0.2) is 66.9 Å². The molecular weight excluding hydrogens is 567 g/mol. The molecule has 0 saturated heterocycles. The molecule has 1 heterocycles. The van der Waals surface area contributed by atoms with Crippen LogP contribution in [0.25, 0.3) is 0 Å². The van der Waals surface area contributed by atoms with E-state index in [1.54, 1.807) is 57.1 Å². The number of alkyl halides is 3. The lowest BCUT2D eigenvalue weighted by Crippen LogP contribution is -2.21. The number of aromatic nitrogens is 2. The maximum atomic E-state index is 13.3.